The maximum Gasteiger partial charge on any atom is 0.358 e. The van der Waals surface area contributed by atoms with Gasteiger partial charge in [-0.15, -0.1) is 0 Å². The van der Waals surface area contributed by atoms with Crippen molar-refractivity contribution in [2.24, 2.45) is 17.8 Å². The summed E-state index contributed by atoms with van der Waals surface area (Å²) in [4.78, 5) is 0. The summed E-state index contributed by atoms with van der Waals surface area (Å²) >= 11 is 0. The van der Waals surface area contributed by atoms with Crippen molar-refractivity contribution in [1.82, 2.24) is 0 Å². The van der Waals surface area contributed by atoms with Crippen molar-refractivity contribution in [2.45, 2.75) is 84.0 Å². The Balaban J connectivity index is 1.85. The maximum absolute atomic E-state index is 14.4. The molecule has 0 heterocycles. The van der Waals surface area contributed by atoms with Crippen LogP contribution in [0.1, 0.15) is 65.7 Å². The van der Waals surface area contributed by atoms with Crippen molar-refractivity contribution in [3.63, 3.8) is 0 Å². The van der Waals surface area contributed by atoms with Gasteiger partial charge in [0.2, 0.25) is 0 Å². The van der Waals surface area contributed by atoms with Crippen molar-refractivity contribution in [2.75, 3.05) is 6.61 Å². The lowest BCUT2D eigenvalue weighted by atomic mass is 9.82. The largest absolute Gasteiger partial charge is 0.378 e. The zero-order chi connectivity index (χ0) is 15.5. The monoisotopic (exact) mass is 304 g/mol. The topological polar surface area (TPSA) is 18.5 Å². The molecule has 0 aromatic rings. The standard InChI is InChI=1S/C17H30F2O2/c1-4-20-15-9-10-16(13(3)11-15)21-17(18,19)14-7-5-12(2)6-8-14/h12-16H,4-11H2,1-3H3. The Bertz CT molecular complexity index is 314. The van der Waals surface area contributed by atoms with Crippen molar-refractivity contribution < 1.29 is 18.3 Å². The van der Waals surface area contributed by atoms with E-state index in [0.717, 1.165) is 25.7 Å². The van der Waals surface area contributed by atoms with Crippen LogP contribution in [0.4, 0.5) is 8.78 Å². The molecule has 4 heteroatoms. The molecule has 0 aliphatic heterocycles. The highest BCUT2D eigenvalue weighted by molar-refractivity contribution is 4.82. The minimum Gasteiger partial charge on any atom is -0.378 e. The first-order valence-electron chi connectivity index (χ1n) is 8.59. The summed E-state index contributed by atoms with van der Waals surface area (Å²) in [6.07, 6.45) is 2.27. The van der Waals surface area contributed by atoms with Crippen LogP contribution >= 0.6 is 0 Å². The number of hydrogen-bond acceptors (Lipinski definition) is 2. The second-order valence-corrected chi connectivity index (χ2v) is 7.04. The summed E-state index contributed by atoms with van der Waals surface area (Å²) in [5, 5.41) is 0. The average molecular weight is 304 g/mol. The van der Waals surface area contributed by atoms with E-state index in [1.165, 1.54) is 0 Å². The summed E-state index contributed by atoms with van der Waals surface area (Å²) < 4.78 is 39.7. The zero-order valence-electron chi connectivity index (χ0n) is 13.6. The van der Waals surface area contributed by atoms with Crippen LogP contribution in [0.5, 0.6) is 0 Å². The van der Waals surface area contributed by atoms with Crippen molar-refractivity contribution in [3.8, 4) is 0 Å². The van der Waals surface area contributed by atoms with E-state index in [2.05, 4.69) is 6.92 Å². The lowest BCUT2D eigenvalue weighted by molar-refractivity contribution is -0.309. The molecule has 2 fully saturated rings. The molecule has 0 N–H and O–H groups in total. The molecule has 21 heavy (non-hydrogen) atoms. The molecular weight excluding hydrogens is 274 g/mol. The van der Waals surface area contributed by atoms with Gasteiger partial charge >= 0.3 is 6.11 Å². The van der Waals surface area contributed by atoms with E-state index in [4.69, 9.17) is 9.47 Å². The summed E-state index contributed by atoms with van der Waals surface area (Å²) in [6, 6.07) is 0. The van der Waals surface area contributed by atoms with Gasteiger partial charge in [-0.1, -0.05) is 26.7 Å². The number of alkyl halides is 2. The molecule has 0 spiro atoms. The second kappa shape index (κ2) is 7.36. The highest BCUT2D eigenvalue weighted by Gasteiger charge is 2.45. The van der Waals surface area contributed by atoms with Crippen molar-refractivity contribution in [1.29, 1.82) is 0 Å². The number of halogens is 2. The molecule has 2 nitrogen and oxygen atoms in total. The smallest absolute Gasteiger partial charge is 0.358 e. The molecule has 0 aromatic heterocycles. The third-order valence-electron chi connectivity index (χ3n) is 5.24. The predicted molar refractivity (Wildman–Crippen MR) is 79.4 cm³/mol. The van der Waals surface area contributed by atoms with Crippen LogP contribution in [0.3, 0.4) is 0 Å². The summed E-state index contributed by atoms with van der Waals surface area (Å²) in [7, 11) is 0. The van der Waals surface area contributed by atoms with Gasteiger partial charge < -0.3 is 9.47 Å². The summed E-state index contributed by atoms with van der Waals surface area (Å²) in [5.74, 6) is 0.131. The van der Waals surface area contributed by atoms with E-state index in [1.807, 2.05) is 13.8 Å². The maximum atomic E-state index is 14.4. The Kier molecular flexibility index (Phi) is 6.01. The number of ether oxygens (including phenoxy) is 2. The highest BCUT2D eigenvalue weighted by atomic mass is 19.3. The Morgan fingerprint density at radius 1 is 1.00 bits per heavy atom. The lowest BCUT2D eigenvalue weighted by Gasteiger charge is -2.39. The minimum atomic E-state index is -2.96. The molecule has 3 unspecified atom stereocenters. The van der Waals surface area contributed by atoms with E-state index in [9.17, 15) is 8.78 Å². The SMILES string of the molecule is CCOC1CCC(OC(F)(F)C2CCC(C)CC2)C(C)C1. The van der Waals surface area contributed by atoms with Crippen LogP contribution in [0.2, 0.25) is 0 Å². The van der Waals surface area contributed by atoms with Crippen LogP contribution in [-0.2, 0) is 9.47 Å². The quantitative estimate of drug-likeness (QED) is 0.710. The van der Waals surface area contributed by atoms with E-state index in [1.54, 1.807) is 0 Å². The van der Waals surface area contributed by atoms with Gasteiger partial charge in [0.05, 0.1) is 18.1 Å². The normalized spacial score (nSPS) is 38.4. The molecule has 2 aliphatic rings. The molecule has 2 aliphatic carbocycles. The average Bonchev–Trinajstić information content (AvgIpc) is 2.42. The van der Waals surface area contributed by atoms with E-state index >= 15 is 0 Å². The molecule has 0 saturated heterocycles. The van der Waals surface area contributed by atoms with Gasteiger partial charge in [0, 0.05) is 6.61 Å². The zero-order valence-corrected chi connectivity index (χ0v) is 13.6. The van der Waals surface area contributed by atoms with E-state index < -0.39 is 12.0 Å². The molecule has 2 saturated carbocycles. The minimum absolute atomic E-state index is 0.142. The molecule has 2 rings (SSSR count). The van der Waals surface area contributed by atoms with Gasteiger partial charge in [0.25, 0.3) is 0 Å². The van der Waals surface area contributed by atoms with Crippen molar-refractivity contribution in [3.05, 3.63) is 0 Å². The Labute approximate surface area is 127 Å². The van der Waals surface area contributed by atoms with E-state index in [0.29, 0.717) is 31.8 Å². The lowest BCUT2D eigenvalue weighted by Crippen LogP contribution is -2.42. The molecule has 124 valence electrons. The van der Waals surface area contributed by atoms with Gasteiger partial charge in [0.15, 0.2) is 0 Å². The summed E-state index contributed by atoms with van der Waals surface area (Å²) in [5.41, 5.74) is 0. The second-order valence-electron chi connectivity index (χ2n) is 7.04. The van der Waals surface area contributed by atoms with Crippen LogP contribution in [0.15, 0.2) is 0 Å². The van der Waals surface area contributed by atoms with Crippen LogP contribution in [-0.4, -0.2) is 24.9 Å². The Morgan fingerprint density at radius 2 is 1.67 bits per heavy atom. The molecule has 0 radical (unpaired) electrons. The van der Waals surface area contributed by atoms with Crippen LogP contribution in [0, 0.1) is 17.8 Å². The van der Waals surface area contributed by atoms with Crippen LogP contribution < -0.4 is 0 Å². The first-order valence-corrected chi connectivity index (χ1v) is 8.59. The third-order valence-corrected chi connectivity index (χ3v) is 5.24. The first kappa shape index (κ1) is 17.1. The van der Waals surface area contributed by atoms with Gasteiger partial charge in [-0.3, -0.25) is 0 Å². The van der Waals surface area contributed by atoms with Crippen LogP contribution in [0.25, 0.3) is 0 Å². The van der Waals surface area contributed by atoms with Gasteiger partial charge in [0.1, 0.15) is 0 Å². The van der Waals surface area contributed by atoms with Gasteiger partial charge in [-0.2, -0.15) is 8.78 Å². The Morgan fingerprint density at radius 3 is 2.24 bits per heavy atom. The molecular formula is C17H30F2O2. The molecule has 0 amide bonds. The summed E-state index contributed by atoms with van der Waals surface area (Å²) in [6.45, 7) is 6.83. The predicted octanol–water partition coefficient (Wildman–Crippen LogP) is 5.02. The van der Waals surface area contributed by atoms with Gasteiger partial charge in [-0.25, -0.2) is 0 Å². The van der Waals surface area contributed by atoms with Gasteiger partial charge in [-0.05, 0) is 50.9 Å². The first-order chi connectivity index (χ1) is 9.92. The van der Waals surface area contributed by atoms with Crippen molar-refractivity contribution >= 4 is 0 Å². The number of hydrogen-bond donors (Lipinski definition) is 0. The fourth-order valence-corrected chi connectivity index (χ4v) is 3.78. The molecule has 0 bridgehead atoms. The highest BCUT2D eigenvalue weighted by Crippen LogP contribution is 2.42. The van der Waals surface area contributed by atoms with E-state index in [-0.39, 0.29) is 18.1 Å². The Hall–Kier alpha value is -0.220. The molecule has 0 aromatic carbocycles. The number of rotatable bonds is 5. The fourth-order valence-electron chi connectivity index (χ4n) is 3.78. The fraction of sp³-hybridized carbons (Fsp3) is 1.00. The molecule has 3 atom stereocenters. The third kappa shape index (κ3) is 4.62.